The van der Waals surface area contributed by atoms with Crippen LogP contribution in [0.25, 0.3) is 0 Å². The number of ether oxygens (including phenoxy) is 1. The summed E-state index contributed by atoms with van der Waals surface area (Å²) in [4.78, 5) is 9.76. The molecule has 1 aromatic rings. The zero-order valence-corrected chi connectivity index (χ0v) is 6.45. The van der Waals surface area contributed by atoms with Gasteiger partial charge in [-0.15, -0.1) is 0 Å². The van der Waals surface area contributed by atoms with Gasteiger partial charge in [0.2, 0.25) is 0 Å². The molecule has 0 aliphatic rings. The van der Waals surface area contributed by atoms with Crippen molar-refractivity contribution in [3.05, 3.63) is 9.90 Å². The highest BCUT2D eigenvalue weighted by Gasteiger charge is 1.99. The monoisotopic (exact) mass is 238 g/mol. The summed E-state index contributed by atoms with van der Waals surface area (Å²) in [6, 6.07) is 0. The Morgan fingerprint density at radius 2 is 2.67 bits per heavy atom. The van der Waals surface area contributed by atoms with Crippen LogP contribution < -0.4 is 4.74 Å². The molecule has 0 aliphatic heterocycles. The molecule has 0 amide bonds. The van der Waals surface area contributed by atoms with Crippen molar-refractivity contribution < 1.29 is 9.53 Å². The van der Waals surface area contributed by atoms with Gasteiger partial charge in [0.25, 0.3) is 6.47 Å². The highest BCUT2D eigenvalue weighted by molar-refractivity contribution is 14.1. The summed E-state index contributed by atoms with van der Waals surface area (Å²) in [5, 5.41) is 6.23. The van der Waals surface area contributed by atoms with E-state index < -0.39 is 0 Å². The second-order valence-electron chi connectivity index (χ2n) is 1.26. The quantitative estimate of drug-likeness (QED) is 0.604. The zero-order valence-electron chi connectivity index (χ0n) is 4.30. The lowest BCUT2D eigenvalue weighted by Crippen LogP contribution is -1.87. The molecule has 1 rings (SSSR count). The van der Waals surface area contributed by atoms with Gasteiger partial charge in [0, 0.05) is 0 Å². The van der Waals surface area contributed by atoms with Crippen molar-refractivity contribution >= 4 is 29.1 Å². The first-order valence-corrected chi connectivity index (χ1v) is 3.21. The number of H-pyrrole nitrogens is 1. The van der Waals surface area contributed by atoms with Gasteiger partial charge in [0.05, 0.1) is 6.20 Å². The lowest BCUT2D eigenvalue weighted by Gasteiger charge is -1.88. The fraction of sp³-hybridized carbons (Fsp3) is 0. The van der Waals surface area contributed by atoms with Crippen molar-refractivity contribution in [1.82, 2.24) is 10.2 Å². The molecule has 9 heavy (non-hydrogen) atoms. The second kappa shape index (κ2) is 2.81. The Morgan fingerprint density at radius 3 is 3.11 bits per heavy atom. The Balaban J connectivity index is 2.80. The van der Waals surface area contributed by atoms with Crippen molar-refractivity contribution in [3.8, 4) is 5.75 Å². The van der Waals surface area contributed by atoms with E-state index in [1.54, 1.807) is 0 Å². The van der Waals surface area contributed by atoms with Crippen LogP contribution in [0.3, 0.4) is 0 Å². The third kappa shape index (κ3) is 1.41. The summed E-state index contributed by atoms with van der Waals surface area (Å²) in [6.07, 6.45) is 1.44. The van der Waals surface area contributed by atoms with E-state index in [-0.39, 0.29) is 0 Å². The van der Waals surface area contributed by atoms with Gasteiger partial charge in [-0.3, -0.25) is 9.89 Å². The SMILES string of the molecule is O=COc1cn[nH]c1I. The van der Waals surface area contributed by atoms with Crippen molar-refractivity contribution in [1.29, 1.82) is 0 Å². The minimum atomic E-state index is 0.368. The molecule has 0 saturated carbocycles. The van der Waals surface area contributed by atoms with Crippen LogP contribution in [0.15, 0.2) is 6.20 Å². The Labute approximate surface area is 64.7 Å². The van der Waals surface area contributed by atoms with Gasteiger partial charge in [-0.25, -0.2) is 0 Å². The van der Waals surface area contributed by atoms with E-state index >= 15 is 0 Å². The third-order valence-electron chi connectivity index (χ3n) is 0.736. The maximum atomic E-state index is 9.76. The number of nitrogens with zero attached hydrogens (tertiary/aromatic N) is 1. The molecular formula is C4H3IN2O2. The predicted octanol–water partition coefficient (Wildman–Crippen LogP) is 0.549. The zero-order chi connectivity index (χ0) is 6.69. The molecule has 1 heterocycles. The summed E-state index contributed by atoms with van der Waals surface area (Å²) in [5.74, 6) is 0.464. The number of carbonyl (C=O) groups is 1. The van der Waals surface area contributed by atoms with Gasteiger partial charge in [-0.2, -0.15) is 5.10 Å². The topological polar surface area (TPSA) is 55.0 Å². The van der Waals surface area contributed by atoms with Crippen molar-refractivity contribution in [2.24, 2.45) is 0 Å². The number of carbonyl (C=O) groups excluding carboxylic acids is 1. The number of hydrogen-bond donors (Lipinski definition) is 1. The average Bonchev–Trinajstić information content (AvgIpc) is 2.18. The molecular weight excluding hydrogens is 235 g/mol. The first-order chi connectivity index (χ1) is 4.34. The van der Waals surface area contributed by atoms with E-state index in [1.165, 1.54) is 6.20 Å². The highest BCUT2D eigenvalue weighted by Crippen LogP contribution is 2.14. The van der Waals surface area contributed by atoms with E-state index in [0.717, 1.165) is 3.70 Å². The number of halogens is 1. The van der Waals surface area contributed by atoms with Crippen LogP contribution in [0.1, 0.15) is 0 Å². The van der Waals surface area contributed by atoms with E-state index in [0.29, 0.717) is 12.2 Å². The normalized spacial score (nSPS) is 9.00. The lowest BCUT2D eigenvalue weighted by atomic mass is 10.7. The van der Waals surface area contributed by atoms with E-state index in [1.807, 2.05) is 22.6 Å². The largest absolute Gasteiger partial charge is 0.424 e. The van der Waals surface area contributed by atoms with Gasteiger partial charge < -0.3 is 4.74 Å². The highest BCUT2D eigenvalue weighted by atomic mass is 127. The maximum absolute atomic E-state index is 9.76. The number of aromatic amines is 1. The van der Waals surface area contributed by atoms with Crippen molar-refractivity contribution in [3.63, 3.8) is 0 Å². The van der Waals surface area contributed by atoms with Gasteiger partial charge in [0.1, 0.15) is 3.70 Å². The molecule has 0 atom stereocenters. The molecule has 0 aliphatic carbocycles. The third-order valence-corrected chi connectivity index (χ3v) is 1.51. The standard InChI is InChI=1S/C4H3IN2O2/c5-4-3(9-2-8)1-6-7-4/h1-2H,(H,6,7). The molecule has 1 N–H and O–H groups in total. The Kier molecular flexibility index (Phi) is 2.04. The molecule has 0 saturated heterocycles. The van der Waals surface area contributed by atoms with Crippen molar-refractivity contribution in [2.45, 2.75) is 0 Å². The smallest absolute Gasteiger partial charge is 0.298 e. The van der Waals surface area contributed by atoms with Crippen LogP contribution >= 0.6 is 22.6 Å². The molecule has 0 aromatic carbocycles. The van der Waals surface area contributed by atoms with Crippen LogP contribution in [0.4, 0.5) is 0 Å². The first kappa shape index (κ1) is 6.53. The van der Waals surface area contributed by atoms with Crippen LogP contribution in [-0.4, -0.2) is 16.7 Å². The summed E-state index contributed by atoms with van der Waals surface area (Å²) >= 11 is 1.98. The predicted molar refractivity (Wildman–Crippen MR) is 38.0 cm³/mol. The molecule has 0 fully saturated rings. The van der Waals surface area contributed by atoms with E-state index in [4.69, 9.17) is 0 Å². The van der Waals surface area contributed by atoms with Crippen LogP contribution in [0.5, 0.6) is 5.75 Å². The minimum Gasteiger partial charge on any atom is -0.424 e. The Bertz CT molecular complexity index is 210. The number of hydrogen-bond acceptors (Lipinski definition) is 3. The lowest BCUT2D eigenvalue weighted by molar-refractivity contribution is -0.120. The molecule has 0 spiro atoms. The summed E-state index contributed by atoms with van der Waals surface area (Å²) in [7, 11) is 0. The van der Waals surface area contributed by atoms with Crippen LogP contribution in [-0.2, 0) is 4.79 Å². The molecule has 0 radical (unpaired) electrons. The fourth-order valence-electron chi connectivity index (χ4n) is 0.393. The first-order valence-electron chi connectivity index (χ1n) is 2.13. The fourth-order valence-corrected chi connectivity index (χ4v) is 0.799. The minimum absolute atomic E-state index is 0.368. The molecule has 1 aromatic heterocycles. The van der Waals surface area contributed by atoms with E-state index in [9.17, 15) is 4.79 Å². The number of aromatic nitrogens is 2. The Morgan fingerprint density at radius 1 is 1.89 bits per heavy atom. The summed E-state index contributed by atoms with van der Waals surface area (Å²) < 4.78 is 5.22. The van der Waals surface area contributed by atoms with E-state index in [2.05, 4.69) is 14.9 Å². The van der Waals surface area contributed by atoms with Gasteiger partial charge >= 0.3 is 0 Å². The number of nitrogens with one attached hydrogen (secondary N) is 1. The van der Waals surface area contributed by atoms with Crippen molar-refractivity contribution in [2.75, 3.05) is 0 Å². The van der Waals surface area contributed by atoms with Crippen LogP contribution in [0.2, 0.25) is 0 Å². The molecule has 48 valence electrons. The summed E-state index contributed by atoms with van der Waals surface area (Å²) in [5.41, 5.74) is 0. The molecule has 0 unspecified atom stereocenters. The summed E-state index contributed by atoms with van der Waals surface area (Å²) in [6.45, 7) is 0.368. The average molecular weight is 238 g/mol. The van der Waals surface area contributed by atoms with Gasteiger partial charge in [0.15, 0.2) is 5.75 Å². The maximum Gasteiger partial charge on any atom is 0.298 e. The molecule has 5 heteroatoms. The molecule has 0 bridgehead atoms. The number of rotatable bonds is 2. The molecule has 4 nitrogen and oxygen atoms in total. The Hall–Kier alpha value is -0.590. The van der Waals surface area contributed by atoms with Crippen LogP contribution in [0, 0.1) is 3.70 Å². The van der Waals surface area contributed by atoms with Gasteiger partial charge in [-0.05, 0) is 22.6 Å². The van der Waals surface area contributed by atoms with Gasteiger partial charge in [-0.1, -0.05) is 0 Å². The second-order valence-corrected chi connectivity index (χ2v) is 2.34.